The Morgan fingerprint density at radius 1 is 0.524 bits per heavy atom. The van der Waals surface area contributed by atoms with Crippen LogP contribution in [0, 0.1) is 0 Å². The van der Waals surface area contributed by atoms with Crippen molar-refractivity contribution in [2.75, 3.05) is 0 Å². The standard InChI is InChI=1S/C19H16Si.W/c1-20(17-11-5-2-6-12-17,18-13-7-3-8-14-18)19-15-9-4-10-16-19;/h1-16H;. The fraction of sp³-hybridized carbons (Fsp3) is 0. The Morgan fingerprint density at radius 3 is 1.05 bits per heavy atom. The summed E-state index contributed by atoms with van der Waals surface area (Å²) in [4.78, 5) is 0. The summed E-state index contributed by atoms with van der Waals surface area (Å²) < 4.78 is 2.52. The summed E-state index contributed by atoms with van der Waals surface area (Å²) in [6.45, 7) is 0. The second kappa shape index (κ2) is 6.47. The van der Waals surface area contributed by atoms with Gasteiger partial charge in [0, 0.05) is 0 Å². The van der Waals surface area contributed by atoms with Crippen molar-refractivity contribution in [3.05, 3.63) is 91.0 Å². The third-order valence-corrected chi connectivity index (χ3v) is 11.8. The first-order chi connectivity index (χ1) is 10.4. The summed E-state index contributed by atoms with van der Waals surface area (Å²) in [6, 6.07) is 32.9. The molecule has 3 aromatic rings. The third-order valence-electron chi connectivity index (χ3n) is 3.86. The van der Waals surface area contributed by atoms with E-state index >= 15 is 0 Å². The van der Waals surface area contributed by atoms with Crippen LogP contribution in [0.15, 0.2) is 91.0 Å². The first-order valence-corrected chi connectivity index (χ1v) is 10.8. The maximum absolute atomic E-state index is 2.52. The van der Waals surface area contributed by atoms with Crippen LogP contribution in [0.25, 0.3) is 0 Å². The average molecular weight is 456 g/mol. The summed E-state index contributed by atoms with van der Waals surface area (Å²) in [5.41, 5.74) is 0. The van der Waals surface area contributed by atoms with Gasteiger partial charge in [0.1, 0.15) is 0 Å². The van der Waals surface area contributed by atoms with Gasteiger partial charge in [-0.05, 0) is 0 Å². The van der Waals surface area contributed by atoms with Crippen molar-refractivity contribution in [1.29, 1.82) is 0 Å². The van der Waals surface area contributed by atoms with E-state index in [1.54, 1.807) is 0 Å². The second-order valence-electron chi connectivity index (χ2n) is 5.02. The normalized spacial score (nSPS) is 11.0. The van der Waals surface area contributed by atoms with Crippen molar-refractivity contribution in [2.45, 2.75) is 0 Å². The van der Waals surface area contributed by atoms with Crippen LogP contribution < -0.4 is 15.6 Å². The second-order valence-corrected chi connectivity index (χ2v) is 11.1. The monoisotopic (exact) mass is 456 g/mol. The van der Waals surface area contributed by atoms with Gasteiger partial charge in [-0.1, -0.05) is 0 Å². The van der Waals surface area contributed by atoms with Gasteiger partial charge in [0.2, 0.25) is 0 Å². The van der Waals surface area contributed by atoms with Crippen LogP contribution in [0.4, 0.5) is 0 Å². The van der Waals surface area contributed by atoms with E-state index in [0.29, 0.717) is 0 Å². The van der Waals surface area contributed by atoms with Gasteiger partial charge in [-0.3, -0.25) is 0 Å². The SMILES string of the molecule is [W]=[CH][Si](c1ccccc1)(c1ccccc1)c1ccccc1. The van der Waals surface area contributed by atoms with Gasteiger partial charge in [-0.15, -0.1) is 0 Å². The molecule has 0 aliphatic rings. The molecule has 0 unspecified atom stereocenters. The third kappa shape index (κ3) is 2.64. The summed E-state index contributed by atoms with van der Waals surface area (Å²) >= 11 is 1.54. The molecule has 3 rings (SSSR count). The quantitative estimate of drug-likeness (QED) is 0.417. The van der Waals surface area contributed by atoms with Gasteiger partial charge >= 0.3 is 138 Å². The molecular weight excluding hydrogens is 440 g/mol. The van der Waals surface area contributed by atoms with Crippen LogP contribution >= 0.6 is 0 Å². The van der Waals surface area contributed by atoms with Crippen LogP contribution in [-0.2, 0) is 19.4 Å². The fourth-order valence-corrected chi connectivity index (χ4v) is 10.8. The van der Waals surface area contributed by atoms with Crippen molar-refractivity contribution in [2.24, 2.45) is 0 Å². The van der Waals surface area contributed by atoms with E-state index < -0.39 is 8.07 Å². The zero-order valence-electron chi connectivity index (χ0n) is 11.6. The Hall–Kier alpha value is -1.56. The molecule has 0 saturated heterocycles. The molecule has 2 heteroatoms. The summed E-state index contributed by atoms with van der Waals surface area (Å²) in [5.74, 6) is 0. The average Bonchev–Trinajstić information content (AvgIpc) is 2.59. The fourth-order valence-electron chi connectivity index (χ4n) is 2.81. The Kier molecular flexibility index (Phi) is 4.43. The first-order valence-electron chi connectivity index (χ1n) is 7.01. The molecule has 0 N–H and O–H groups in total. The first kappa shape index (κ1) is 14.4. The minimum atomic E-state index is -1.99. The summed E-state index contributed by atoms with van der Waals surface area (Å²) in [6.07, 6.45) is 0. The van der Waals surface area contributed by atoms with Crippen molar-refractivity contribution in [3.8, 4) is 0 Å². The van der Waals surface area contributed by atoms with Crippen LogP contribution in [-0.4, -0.2) is 12.1 Å². The Bertz CT molecular complexity index is 612. The molecule has 0 heterocycles. The molecule has 0 aromatic heterocycles. The number of hydrogen-bond donors (Lipinski definition) is 0. The zero-order chi connectivity index (χ0) is 14.5. The molecule has 0 fully saturated rings. The van der Waals surface area contributed by atoms with Crippen molar-refractivity contribution in [1.82, 2.24) is 0 Å². The molecule has 0 spiro atoms. The van der Waals surface area contributed by atoms with Crippen LogP contribution in [0.5, 0.6) is 0 Å². The van der Waals surface area contributed by atoms with Crippen molar-refractivity contribution in [3.63, 3.8) is 0 Å². The van der Waals surface area contributed by atoms with E-state index in [-0.39, 0.29) is 0 Å². The molecule has 21 heavy (non-hydrogen) atoms. The van der Waals surface area contributed by atoms with E-state index in [1.165, 1.54) is 34.9 Å². The maximum atomic E-state index is 2.52. The molecule has 0 aliphatic carbocycles. The van der Waals surface area contributed by atoms with Crippen LogP contribution in [0.2, 0.25) is 0 Å². The molecule has 0 bridgehead atoms. The predicted molar refractivity (Wildman–Crippen MR) is 90.0 cm³/mol. The van der Waals surface area contributed by atoms with Gasteiger partial charge in [0.25, 0.3) is 0 Å². The molecular formula is C19H16SiW. The van der Waals surface area contributed by atoms with E-state index in [1.807, 2.05) is 0 Å². The molecule has 0 atom stereocenters. The van der Waals surface area contributed by atoms with Gasteiger partial charge in [-0.2, -0.15) is 0 Å². The van der Waals surface area contributed by atoms with E-state index in [4.69, 9.17) is 0 Å². The molecule has 0 radical (unpaired) electrons. The van der Waals surface area contributed by atoms with Gasteiger partial charge < -0.3 is 0 Å². The molecule has 3 aromatic carbocycles. The van der Waals surface area contributed by atoms with E-state index in [0.717, 1.165) is 0 Å². The zero-order valence-corrected chi connectivity index (χ0v) is 15.6. The van der Waals surface area contributed by atoms with E-state index in [2.05, 4.69) is 95.0 Å². The molecule has 0 amide bonds. The topological polar surface area (TPSA) is 0 Å². The van der Waals surface area contributed by atoms with E-state index in [9.17, 15) is 0 Å². The molecule has 0 saturated carbocycles. The van der Waals surface area contributed by atoms with Crippen molar-refractivity contribution >= 4 is 27.7 Å². The molecule has 102 valence electrons. The predicted octanol–water partition coefficient (Wildman–Crippen LogP) is 2.04. The van der Waals surface area contributed by atoms with Gasteiger partial charge in [-0.25, -0.2) is 0 Å². The Morgan fingerprint density at radius 2 is 0.810 bits per heavy atom. The Balaban J connectivity index is 2.31. The number of rotatable bonds is 4. The molecule has 0 aliphatic heterocycles. The summed E-state index contributed by atoms with van der Waals surface area (Å²) in [5, 5.41) is 4.37. The minimum absolute atomic E-state index is 1.46. The van der Waals surface area contributed by atoms with Gasteiger partial charge in [0.15, 0.2) is 0 Å². The number of benzene rings is 3. The number of hydrogen-bond acceptors (Lipinski definition) is 0. The van der Waals surface area contributed by atoms with Gasteiger partial charge in [0.05, 0.1) is 0 Å². The van der Waals surface area contributed by atoms with Crippen LogP contribution in [0.3, 0.4) is 0 Å². The summed E-state index contributed by atoms with van der Waals surface area (Å²) in [7, 11) is -1.99. The molecule has 0 nitrogen and oxygen atoms in total. The van der Waals surface area contributed by atoms with Crippen molar-refractivity contribution < 1.29 is 19.4 Å². The van der Waals surface area contributed by atoms with Crippen LogP contribution in [0.1, 0.15) is 0 Å². The Labute approximate surface area is 137 Å².